The Balaban J connectivity index is 1.31. The van der Waals surface area contributed by atoms with E-state index < -0.39 is 0 Å². The molecule has 3 nitrogen and oxygen atoms in total. The Hall–Kier alpha value is -1.29. The van der Waals surface area contributed by atoms with E-state index >= 15 is 0 Å². The average Bonchev–Trinajstić information content (AvgIpc) is 3.07. The lowest BCUT2D eigenvalue weighted by atomic mass is 9.49. The quantitative estimate of drug-likeness (QED) is 0.778. The van der Waals surface area contributed by atoms with Crippen molar-refractivity contribution in [2.45, 2.75) is 51.2 Å². The maximum Gasteiger partial charge on any atom is 0.234 e. The van der Waals surface area contributed by atoms with Crippen molar-refractivity contribution < 1.29 is 4.79 Å². The molecule has 1 aromatic carbocycles. The van der Waals surface area contributed by atoms with Crippen LogP contribution in [0.4, 0.5) is 0 Å². The van der Waals surface area contributed by atoms with Gasteiger partial charge in [0.25, 0.3) is 0 Å². The van der Waals surface area contributed by atoms with Crippen molar-refractivity contribution in [2.24, 2.45) is 28.2 Å². The number of rotatable bonds is 3. The van der Waals surface area contributed by atoms with Crippen LogP contribution >= 0.6 is 11.8 Å². The molecule has 138 valence electrons. The lowest BCUT2D eigenvalue weighted by molar-refractivity contribution is -0.152. The molecule has 0 aromatic heterocycles. The summed E-state index contributed by atoms with van der Waals surface area (Å²) in [6.07, 6.45) is 7.58. The van der Waals surface area contributed by atoms with E-state index in [1.807, 2.05) is 0 Å². The number of hydrogen-bond donors (Lipinski definition) is 0. The second-order valence-corrected chi connectivity index (χ2v) is 9.98. The molecule has 5 aliphatic rings. The Labute approximate surface area is 160 Å². The van der Waals surface area contributed by atoms with Crippen LogP contribution in [-0.2, 0) is 10.5 Å². The molecule has 4 fully saturated rings. The third-order valence-corrected chi connectivity index (χ3v) is 8.22. The van der Waals surface area contributed by atoms with Crippen LogP contribution in [0.15, 0.2) is 29.3 Å². The molecule has 6 rings (SSSR count). The maximum atomic E-state index is 13.6. The minimum atomic E-state index is -0.0525. The van der Waals surface area contributed by atoms with E-state index in [0.717, 1.165) is 61.0 Å². The topological polar surface area (TPSA) is 32.7 Å². The summed E-state index contributed by atoms with van der Waals surface area (Å²) >= 11 is 1.75. The highest BCUT2D eigenvalue weighted by atomic mass is 32.2. The number of amidine groups is 1. The molecule has 0 saturated heterocycles. The Morgan fingerprint density at radius 1 is 1.15 bits per heavy atom. The standard InChI is InChI=1S/C22H28N2OS/c1-15-4-2-3-5-19(15)14-26-21-23-6-7-24(21)20(25)22-11-16-8-17(12-22)10-18(9-16)13-22/h2-5,16-18H,6-14H2,1H3. The van der Waals surface area contributed by atoms with Crippen molar-refractivity contribution in [1.29, 1.82) is 0 Å². The van der Waals surface area contributed by atoms with Gasteiger partial charge in [0.1, 0.15) is 0 Å². The van der Waals surface area contributed by atoms with Gasteiger partial charge in [-0.25, -0.2) is 0 Å². The number of thioether (sulfide) groups is 1. The molecular formula is C22H28N2OS. The summed E-state index contributed by atoms with van der Waals surface area (Å²) in [5, 5.41) is 0.967. The van der Waals surface area contributed by atoms with Crippen LogP contribution in [0.5, 0.6) is 0 Å². The molecule has 1 amide bonds. The summed E-state index contributed by atoms with van der Waals surface area (Å²) in [4.78, 5) is 20.4. The van der Waals surface area contributed by atoms with E-state index in [9.17, 15) is 4.79 Å². The summed E-state index contributed by atoms with van der Waals surface area (Å²) in [5.74, 6) is 3.74. The lowest BCUT2D eigenvalue weighted by Gasteiger charge is -2.56. The normalized spacial score (nSPS) is 35.0. The number of nitrogens with zero attached hydrogens (tertiary/aromatic N) is 2. The number of amides is 1. The largest absolute Gasteiger partial charge is 0.289 e. The minimum Gasteiger partial charge on any atom is -0.289 e. The number of carbonyl (C=O) groups is 1. The zero-order chi connectivity index (χ0) is 17.7. The molecule has 0 unspecified atom stereocenters. The summed E-state index contributed by atoms with van der Waals surface area (Å²) in [7, 11) is 0. The molecule has 1 heterocycles. The van der Waals surface area contributed by atoms with Gasteiger partial charge < -0.3 is 0 Å². The summed E-state index contributed by atoms with van der Waals surface area (Å²) in [5.41, 5.74) is 2.61. The maximum absolute atomic E-state index is 13.6. The zero-order valence-corrected chi connectivity index (χ0v) is 16.4. The fourth-order valence-corrected chi connectivity index (χ4v) is 7.43. The van der Waals surface area contributed by atoms with Crippen molar-refractivity contribution in [3.63, 3.8) is 0 Å². The molecule has 4 bridgehead atoms. The van der Waals surface area contributed by atoms with Gasteiger partial charge in [0.05, 0.1) is 12.0 Å². The highest BCUT2D eigenvalue weighted by molar-refractivity contribution is 8.13. The van der Waals surface area contributed by atoms with Gasteiger partial charge in [0.15, 0.2) is 5.17 Å². The molecule has 0 radical (unpaired) electrons. The Morgan fingerprint density at radius 3 is 2.46 bits per heavy atom. The lowest BCUT2D eigenvalue weighted by Crippen LogP contribution is -2.55. The molecule has 0 N–H and O–H groups in total. The number of carbonyl (C=O) groups excluding carboxylic acids is 1. The van der Waals surface area contributed by atoms with E-state index in [2.05, 4.69) is 36.1 Å². The van der Waals surface area contributed by atoms with Gasteiger partial charge in [0.2, 0.25) is 5.91 Å². The van der Waals surface area contributed by atoms with E-state index in [-0.39, 0.29) is 5.41 Å². The van der Waals surface area contributed by atoms with Crippen molar-refractivity contribution >= 4 is 22.8 Å². The Morgan fingerprint density at radius 2 is 1.81 bits per heavy atom. The first kappa shape index (κ1) is 16.9. The molecule has 0 spiro atoms. The van der Waals surface area contributed by atoms with Crippen LogP contribution in [0, 0.1) is 30.1 Å². The van der Waals surface area contributed by atoms with Gasteiger partial charge in [0, 0.05) is 12.3 Å². The second-order valence-electron chi connectivity index (χ2n) is 9.03. The molecule has 1 aliphatic heterocycles. The summed E-state index contributed by atoms with van der Waals surface area (Å²) in [6, 6.07) is 8.52. The Bertz CT molecular complexity index is 721. The van der Waals surface area contributed by atoms with Crippen LogP contribution in [0.1, 0.15) is 49.7 Å². The van der Waals surface area contributed by atoms with E-state index in [4.69, 9.17) is 4.99 Å². The first-order valence-corrected chi connectivity index (χ1v) is 11.2. The zero-order valence-electron chi connectivity index (χ0n) is 15.6. The van der Waals surface area contributed by atoms with Crippen LogP contribution in [-0.4, -0.2) is 29.1 Å². The van der Waals surface area contributed by atoms with Crippen molar-refractivity contribution in [3.8, 4) is 0 Å². The third kappa shape index (κ3) is 2.81. The summed E-state index contributed by atoms with van der Waals surface area (Å²) in [6.45, 7) is 3.72. The number of aliphatic imine (C=N–C) groups is 1. The van der Waals surface area contributed by atoms with E-state index in [1.54, 1.807) is 11.8 Å². The molecule has 26 heavy (non-hydrogen) atoms. The Kier molecular flexibility index (Phi) is 4.15. The smallest absolute Gasteiger partial charge is 0.234 e. The number of aryl methyl sites for hydroxylation is 1. The fraction of sp³-hybridized carbons (Fsp3) is 0.636. The minimum absolute atomic E-state index is 0.0525. The first-order valence-electron chi connectivity index (χ1n) is 10.2. The third-order valence-electron chi connectivity index (χ3n) is 7.16. The van der Waals surface area contributed by atoms with Gasteiger partial charge in [-0.3, -0.25) is 14.7 Å². The van der Waals surface area contributed by atoms with Crippen LogP contribution in [0.25, 0.3) is 0 Å². The van der Waals surface area contributed by atoms with Crippen molar-refractivity contribution in [2.75, 3.05) is 13.1 Å². The molecule has 1 aromatic rings. The molecule has 4 heteroatoms. The van der Waals surface area contributed by atoms with Crippen LogP contribution < -0.4 is 0 Å². The monoisotopic (exact) mass is 368 g/mol. The number of hydrogen-bond acceptors (Lipinski definition) is 3. The van der Waals surface area contributed by atoms with Gasteiger partial charge in [-0.15, -0.1) is 0 Å². The van der Waals surface area contributed by atoms with Crippen molar-refractivity contribution in [3.05, 3.63) is 35.4 Å². The first-order chi connectivity index (χ1) is 12.6. The SMILES string of the molecule is Cc1ccccc1CSC1=NCCN1C(=O)C12CC3CC(CC(C3)C1)C2. The molecule has 4 aliphatic carbocycles. The average molecular weight is 369 g/mol. The second kappa shape index (κ2) is 6.40. The van der Waals surface area contributed by atoms with Crippen molar-refractivity contribution in [1.82, 2.24) is 4.90 Å². The van der Waals surface area contributed by atoms with Gasteiger partial charge >= 0.3 is 0 Å². The van der Waals surface area contributed by atoms with Gasteiger partial charge in [-0.1, -0.05) is 36.0 Å². The summed E-state index contributed by atoms with van der Waals surface area (Å²) < 4.78 is 0. The predicted octanol–water partition coefficient (Wildman–Crippen LogP) is 4.64. The van der Waals surface area contributed by atoms with E-state index in [1.165, 1.54) is 30.4 Å². The fourth-order valence-electron chi connectivity index (χ4n) is 6.31. The van der Waals surface area contributed by atoms with Crippen LogP contribution in [0.2, 0.25) is 0 Å². The predicted molar refractivity (Wildman–Crippen MR) is 107 cm³/mol. The van der Waals surface area contributed by atoms with Gasteiger partial charge in [-0.05, 0) is 74.3 Å². The highest BCUT2D eigenvalue weighted by Crippen LogP contribution is 2.60. The molecule has 0 atom stereocenters. The highest BCUT2D eigenvalue weighted by Gasteiger charge is 2.56. The number of benzene rings is 1. The van der Waals surface area contributed by atoms with Gasteiger partial charge in [-0.2, -0.15) is 0 Å². The molecular weight excluding hydrogens is 340 g/mol. The van der Waals surface area contributed by atoms with Crippen LogP contribution in [0.3, 0.4) is 0 Å². The molecule has 4 saturated carbocycles. The van der Waals surface area contributed by atoms with E-state index in [0.29, 0.717) is 5.91 Å².